The third-order valence-electron chi connectivity index (χ3n) is 6.94. The average Bonchev–Trinajstić information content (AvgIpc) is 3.24. The van der Waals surface area contributed by atoms with Crippen molar-refractivity contribution in [2.45, 2.75) is 44.9 Å². The van der Waals surface area contributed by atoms with Gasteiger partial charge < -0.3 is 4.90 Å². The maximum Gasteiger partial charge on any atom is 0.260 e. The molecule has 0 unspecified atom stereocenters. The van der Waals surface area contributed by atoms with E-state index in [0.717, 1.165) is 36.0 Å². The normalized spacial score (nSPS) is 15.6. The van der Waals surface area contributed by atoms with Crippen LogP contribution in [0.4, 0.5) is 5.13 Å². The van der Waals surface area contributed by atoms with E-state index in [1.165, 1.54) is 22.5 Å². The van der Waals surface area contributed by atoms with Crippen molar-refractivity contribution in [1.29, 1.82) is 0 Å². The molecular weight excluding hydrogens is 492 g/mol. The lowest BCUT2D eigenvalue weighted by Crippen LogP contribution is -2.38. The van der Waals surface area contributed by atoms with Gasteiger partial charge in [-0.1, -0.05) is 18.3 Å². The molecule has 0 bridgehead atoms. The van der Waals surface area contributed by atoms with E-state index in [-0.39, 0.29) is 10.8 Å². The van der Waals surface area contributed by atoms with Crippen molar-refractivity contribution >= 4 is 42.6 Å². The summed E-state index contributed by atoms with van der Waals surface area (Å²) in [7, 11) is 0.466. The highest BCUT2D eigenvalue weighted by Gasteiger charge is 2.29. The number of sulfonamides is 1. The van der Waals surface area contributed by atoms with E-state index in [4.69, 9.17) is 4.98 Å². The molecule has 1 aromatic heterocycles. The monoisotopic (exact) mass is 528 g/mol. The van der Waals surface area contributed by atoms with Crippen LogP contribution in [-0.4, -0.2) is 68.8 Å². The molecular formula is C27H36N4O3S2. The Morgan fingerprint density at radius 2 is 1.69 bits per heavy atom. The summed E-state index contributed by atoms with van der Waals surface area (Å²) in [4.78, 5) is 22.5. The van der Waals surface area contributed by atoms with Crippen LogP contribution < -0.4 is 4.90 Å². The minimum atomic E-state index is -3.56. The maximum atomic E-state index is 13.6. The Balaban J connectivity index is 1.60. The fourth-order valence-corrected chi connectivity index (χ4v) is 6.95. The SMILES string of the molecule is Cc1cc2nc(N(CCCN(C)C)C(=O)c3ccc(S(=O)(=O)N4CCC(C)CC4)cc3)sc2cc1C. The van der Waals surface area contributed by atoms with E-state index in [0.29, 0.717) is 36.2 Å². The molecule has 0 spiro atoms. The third-order valence-corrected chi connectivity index (χ3v) is 9.89. The second-order valence-electron chi connectivity index (χ2n) is 10.1. The molecule has 1 aliphatic heterocycles. The quantitative estimate of drug-likeness (QED) is 0.414. The van der Waals surface area contributed by atoms with Crippen molar-refractivity contribution in [3.8, 4) is 0 Å². The molecule has 36 heavy (non-hydrogen) atoms. The van der Waals surface area contributed by atoms with Crippen LogP contribution in [0.15, 0.2) is 41.3 Å². The molecule has 1 aliphatic rings. The van der Waals surface area contributed by atoms with Crippen molar-refractivity contribution in [1.82, 2.24) is 14.2 Å². The van der Waals surface area contributed by atoms with Crippen LogP contribution in [0.2, 0.25) is 0 Å². The second kappa shape index (κ2) is 11.0. The highest BCUT2D eigenvalue weighted by atomic mass is 32.2. The van der Waals surface area contributed by atoms with Gasteiger partial charge in [-0.2, -0.15) is 4.31 Å². The molecule has 1 saturated heterocycles. The molecule has 0 atom stereocenters. The van der Waals surface area contributed by atoms with E-state index < -0.39 is 10.0 Å². The molecule has 1 amide bonds. The van der Waals surface area contributed by atoms with Gasteiger partial charge in [-0.05, 0) is 107 Å². The Hall–Kier alpha value is -2.33. The zero-order chi connectivity index (χ0) is 26.0. The molecule has 2 aromatic carbocycles. The van der Waals surface area contributed by atoms with E-state index in [1.54, 1.807) is 33.5 Å². The number of nitrogens with zero attached hydrogens (tertiary/aromatic N) is 4. The molecule has 1 fully saturated rings. The molecule has 194 valence electrons. The highest BCUT2D eigenvalue weighted by Crippen LogP contribution is 2.32. The van der Waals surface area contributed by atoms with Crippen molar-refractivity contribution in [3.63, 3.8) is 0 Å². The summed E-state index contributed by atoms with van der Waals surface area (Å²) in [6, 6.07) is 10.6. The standard InChI is InChI=1S/C27H36N4O3S2/c1-19-11-15-30(16-12-19)36(33,34)23-9-7-22(8-10-23)26(32)31(14-6-13-29(4)5)27-28-24-17-20(2)21(3)18-25(24)35-27/h7-10,17-19H,6,11-16H2,1-5H3. The Bertz CT molecular complexity index is 1290. The molecule has 0 radical (unpaired) electrons. The summed E-state index contributed by atoms with van der Waals surface area (Å²) in [6.45, 7) is 8.75. The molecule has 3 aromatic rings. The second-order valence-corrected chi connectivity index (χ2v) is 13.1. The van der Waals surface area contributed by atoms with Crippen LogP contribution in [0.25, 0.3) is 10.2 Å². The number of benzene rings is 2. The molecule has 7 nitrogen and oxygen atoms in total. The van der Waals surface area contributed by atoms with Gasteiger partial charge in [0.2, 0.25) is 10.0 Å². The van der Waals surface area contributed by atoms with Gasteiger partial charge in [0, 0.05) is 25.2 Å². The van der Waals surface area contributed by atoms with Crippen LogP contribution in [0.1, 0.15) is 47.7 Å². The van der Waals surface area contributed by atoms with Gasteiger partial charge in [0.05, 0.1) is 15.1 Å². The van der Waals surface area contributed by atoms with Crippen LogP contribution in [0.3, 0.4) is 0 Å². The number of hydrogen-bond acceptors (Lipinski definition) is 6. The van der Waals surface area contributed by atoms with Gasteiger partial charge in [0.1, 0.15) is 0 Å². The lowest BCUT2D eigenvalue weighted by Gasteiger charge is -2.29. The summed E-state index contributed by atoms with van der Waals surface area (Å²) < 4.78 is 28.8. The Kier molecular flexibility index (Phi) is 8.14. The summed E-state index contributed by atoms with van der Waals surface area (Å²) in [6.07, 6.45) is 2.55. The Labute approximate surface area is 218 Å². The molecule has 9 heteroatoms. The molecule has 2 heterocycles. The summed E-state index contributed by atoms with van der Waals surface area (Å²) in [5.74, 6) is 0.377. The van der Waals surface area contributed by atoms with Crippen molar-refractivity contribution < 1.29 is 13.2 Å². The number of aryl methyl sites for hydroxylation is 2. The van der Waals surface area contributed by atoms with E-state index in [1.807, 2.05) is 14.1 Å². The van der Waals surface area contributed by atoms with Gasteiger partial charge in [-0.25, -0.2) is 13.4 Å². The highest BCUT2D eigenvalue weighted by molar-refractivity contribution is 7.89. The van der Waals surface area contributed by atoms with Crippen LogP contribution >= 0.6 is 11.3 Å². The molecule has 4 rings (SSSR count). The number of amides is 1. The number of aromatic nitrogens is 1. The zero-order valence-electron chi connectivity index (χ0n) is 21.8. The Morgan fingerprint density at radius 1 is 1.06 bits per heavy atom. The number of carbonyl (C=O) groups is 1. The third kappa shape index (κ3) is 5.80. The first-order valence-corrected chi connectivity index (χ1v) is 14.8. The molecule has 0 aliphatic carbocycles. The number of hydrogen-bond donors (Lipinski definition) is 0. The van der Waals surface area contributed by atoms with Crippen molar-refractivity contribution in [2.75, 3.05) is 45.2 Å². The summed E-state index contributed by atoms with van der Waals surface area (Å²) >= 11 is 1.51. The number of rotatable bonds is 8. The predicted octanol–water partition coefficient (Wildman–Crippen LogP) is 4.93. The lowest BCUT2D eigenvalue weighted by molar-refractivity contribution is 0.0986. The van der Waals surface area contributed by atoms with Gasteiger partial charge in [-0.3, -0.25) is 9.69 Å². The summed E-state index contributed by atoms with van der Waals surface area (Å²) in [5.41, 5.74) is 3.71. The molecule has 0 N–H and O–H groups in total. The van der Waals surface area contributed by atoms with Gasteiger partial charge in [0.25, 0.3) is 5.91 Å². The van der Waals surface area contributed by atoms with Gasteiger partial charge in [-0.15, -0.1) is 0 Å². The fourth-order valence-electron chi connectivity index (χ4n) is 4.41. The first kappa shape index (κ1) is 26.7. The largest absolute Gasteiger partial charge is 0.309 e. The van der Waals surface area contributed by atoms with Crippen LogP contribution in [0.5, 0.6) is 0 Å². The van der Waals surface area contributed by atoms with E-state index >= 15 is 0 Å². The van der Waals surface area contributed by atoms with Crippen molar-refractivity contribution in [3.05, 3.63) is 53.1 Å². The zero-order valence-corrected chi connectivity index (χ0v) is 23.5. The van der Waals surface area contributed by atoms with Crippen LogP contribution in [0, 0.1) is 19.8 Å². The minimum Gasteiger partial charge on any atom is -0.309 e. The van der Waals surface area contributed by atoms with Gasteiger partial charge >= 0.3 is 0 Å². The fraction of sp³-hybridized carbons (Fsp3) is 0.481. The first-order chi connectivity index (χ1) is 17.1. The van der Waals surface area contributed by atoms with Crippen molar-refractivity contribution in [2.24, 2.45) is 5.92 Å². The van der Waals surface area contributed by atoms with Crippen LogP contribution in [-0.2, 0) is 10.0 Å². The predicted molar refractivity (Wildman–Crippen MR) is 148 cm³/mol. The van der Waals surface area contributed by atoms with E-state index in [2.05, 4.69) is 37.8 Å². The number of carbonyl (C=O) groups excluding carboxylic acids is 1. The number of anilines is 1. The smallest absolute Gasteiger partial charge is 0.260 e. The van der Waals surface area contributed by atoms with Gasteiger partial charge in [0.15, 0.2) is 5.13 Å². The minimum absolute atomic E-state index is 0.169. The lowest BCUT2D eigenvalue weighted by atomic mass is 10.0. The Morgan fingerprint density at radius 3 is 2.33 bits per heavy atom. The number of fused-ring (bicyclic) bond motifs is 1. The maximum absolute atomic E-state index is 13.6. The number of piperidine rings is 1. The average molecular weight is 529 g/mol. The topological polar surface area (TPSA) is 73.8 Å². The van der Waals surface area contributed by atoms with E-state index in [9.17, 15) is 13.2 Å². The number of thiazole rings is 1. The molecule has 0 saturated carbocycles. The first-order valence-electron chi connectivity index (χ1n) is 12.5. The summed E-state index contributed by atoms with van der Waals surface area (Å²) in [5, 5.41) is 0.665.